The summed E-state index contributed by atoms with van der Waals surface area (Å²) in [5.74, 6) is 0.345. The van der Waals surface area contributed by atoms with Crippen molar-refractivity contribution in [2.45, 2.75) is 23.5 Å². The minimum absolute atomic E-state index is 0.00930. The van der Waals surface area contributed by atoms with Crippen molar-refractivity contribution < 1.29 is 13.5 Å². The fraction of sp³-hybridized carbons (Fsp3) is 0.294. The van der Waals surface area contributed by atoms with Gasteiger partial charge in [0.1, 0.15) is 0 Å². The van der Waals surface area contributed by atoms with E-state index in [-0.39, 0.29) is 12.1 Å². The molecule has 0 bridgehead atoms. The Balaban J connectivity index is 1.78. The number of anilines is 1. The lowest BCUT2D eigenvalue weighted by molar-refractivity contribution is 0.0827. The van der Waals surface area contributed by atoms with E-state index in [0.717, 1.165) is 24.3 Å². The van der Waals surface area contributed by atoms with Crippen LogP contribution in [0.5, 0.6) is 0 Å². The van der Waals surface area contributed by atoms with Gasteiger partial charge >= 0.3 is 0 Å². The van der Waals surface area contributed by atoms with Crippen molar-refractivity contribution in [3.05, 3.63) is 59.7 Å². The predicted molar refractivity (Wildman–Crippen MR) is 85.1 cm³/mol. The average Bonchev–Trinajstić information content (AvgIpc) is 3.04. The second-order valence-corrected chi connectivity index (χ2v) is 6.74. The molecule has 2 aliphatic rings. The second kappa shape index (κ2) is 5.50. The van der Waals surface area contributed by atoms with E-state index < -0.39 is 11.1 Å². The van der Waals surface area contributed by atoms with Crippen molar-refractivity contribution in [2.75, 3.05) is 11.9 Å². The largest absolute Gasteiger partial charge is 0.378 e. The molecule has 0 aromatic heterocycles. The van der Waals surface area contributed by atoms with Crippen LogP contribution < -0.4 is 5.32 Å². The molecular weight excluding hydrogens is 298 g/mol. The maximum absolute atomic E-state index is 11.3. The summed E-state index contributed by atoms with van der Waals surface area (Å²) >= 11 is -1.96. The number of hydrogen-bond acceptors (Lipinski definition) is 3. The van der Waals surface area contributed by atoms with Crippen LogP contribution >= 0.6 is 0 Å². The topological polar surface area (TPSA) is 58.6 Å². The standard InChI is InChI=1S/C17H17NO3S/c19-22(20)12-6-7-15-14(10-12)17-13(8-9-21-17)16(18-15)11-4-2-1-3-5-11/h1-7,10,13,16-18H,8-9H2,(H,19,20)/t13-,16?,17-/m0/s1. The number of fused-ring (bicyclic) bond motifs is 3. The van der Waals surface area contributed by atoms with Crippen LogP contribution in [0, 0.1) is 5.92 Å². The Morgan fingerprint density at radius 1 is 1.18 bits per heavy atom. The van der Waals surface area contributed by atoms with Crippen LogP contribution in [0.15, 0.2) is 53.4 Å². The van der Waals surface area contributed by atoms with E-state index in [1.165, 1.54) is 5.56 Å². The molecule has 0 amide bonds. The summed E-state index contributed by atoms with van der Waals surface area (Å²) in [7, 11) is 0. The monoisotopic (exact) mass is 315 g/mol. The van der Waals surface area contributed by atoms with Gasteiger partial charge in [-0.2, -0.15) is 0 Å². The Kier molecular flexibility index (Phi) is 3.48. The van der Waals surface area contributed by atoms with Crippen LogP contribution in [0.2, 0.25) is 0 Å². The maximum atomic E-state index is 11.3. The van der Waals surface area contributed by atoms with E-state index >= 15 is 0 Å². The van der Waals surface area contributed by atoms with Crippen molar-refractivity contribution in [3.8, 4) is 0 Å². The minimum atomic E-state index is -1.96. The molecule has 4 nitrogen and oxygen atoms in total. The summed E-state index contributed by atoms with van der Waals surface area (Å²) < 4.78 is 26.6. The molecule has 4 atom stereocenters. The molecule has 1 saturated heterocycles. The van der Waals surface area contributed by atoms with Crippen LogP contribution in [-0.2, 0) is 15.8 Å². The highest BCUT2D eigenvalue weighted by molar-refractivity contribution is 7.79. The summed E-state index contributed by atoms with van der Waals surface area (Å²) in [6.07, 6.45) is 0.980. The number of ether oxygens (including phenoxy) is 1. The smallest absolute Gasteiger partial charge is 0.186 e. The molecule has 2 aromatic rings. The van der Waals surface area contributed by atoms with E-state index in [1.54, 1.807) is 12.1 Å². The zero-order valence-electron chi connectivity index (χ0n) is 11.9. The average molecular weight is 315 g/mol. The van der Waals surface area contributed by atoms with E-state index in [9.17, 15) is 8.76 Å². The fourth-order valence-electron chi connectivity index (χ4n) is 3.55. The van der Waals surface area contributed by atoms with Crippen molar-refractivity contribution in [1.82, 2.24) is 0 Å². The van der Waals surface area contributed by atoms with Crippen LogP contribution in [0.4, 0.5) is 5.69 Å². The molecular formula is C17H17NO3S. The van der Waals surface area contributed by atoms with Gasteiger partial charge in [0.05, 0.1) is 17.0 Å². The third kappa shape index (κ3) is 2.26. The highest BCUT2D eigenvalue weighted by Gasteiger charge is 2.41. The number of hydrogen-bond donors (Lipinski definition) is 2. The van der Waals surface area contributed by atoms with Crippen molar-refractivity contribution in [3.63, 3.8) is 0 Å². The van der Waals surface area contributed by atoms with Crippen LogP contribution in [0.25, 0.3) is 0 Å². The van der Waals surface area contributed by atoms with Crippen molar-refractivity contribution in [2.24, 2.45) is 5.92 Å². The van der Waals surface area contributed by atoms with E-state index in [0.29, 0.717) is 10.8 Å². The molecule has 22 heavy (non-hydrogen) atoms. The third-order valence-corrected chi connectivity index (χ3v) is 5.22. The van der Waals surface area contributed by atoms with Gasteiger partial charge in [-0.15, -0.1) is 0 Å². The van der Waals surface area contributed by atoms with Gasteiger partial charge in [-0.1, -0.05) is 30.3 Å². The Morgan fingerprint density at radius 2 is 2.00 bits per heavy atom. The molecule has 2 aliphatic heterocycles. The first-order valence-corrected chi connectivity index (χ1v) is 8.52. The minimum Gasteiger partial charge on any atom is -0.378 e. The van der Waals surface area contributed by atoms with Crippen LogP contribution in [-0.4, -0.2) is 15.4 Å². The molecule has 5 heteroatoms. The Hall–Kier alpha value is -1.69. The number of benzene rings is 2. The first kappa shape index (κ1) is 13.9. The van der Waals surface area contributed by atoms with Gasteiger partial charge in [0.15, 0.2) is 11.1 Å². The molecule has 2 heterocycles. The Labute approximate surface area is 131 Å². The van der Waals surface area contributed by atoms with Gasteiger partial charge in [-0.05, 0) is 30.2 Å². The molecule has 4 rings (SSSR count). The summed E-state index contributed by atoms with van der Waals surface area (Å²) in [4.78, 5) is 0.424. The third-order valence-electron chi connectivity index (χ3n) is 4.57. The molecule has 0 spiro atoms. The maximum Gasteiger partial charge on any atom is 0.186 e. The summed E-state index contributed by atoms with van der Waals surface area (Å²) in [5, 5.41) is 3.59. The lowest BCUT2D eigenvalue weighted by atomic mass is 9.81. The summed E-state index contributed by atoms with van der Waals surface area (Å²) in [5.41, 5.74) is 3.24. The Bertz CT molecular complexity index is 719. The van der Waals surface area contributed by atoms with Gasteiger partial charge in [-0.3, -0.25) is 0 Å². The molecule has 0 radical (unpaired) electrons. The zero-order valence-corrected chi connectivity index (χ0v) is 12.8. The Morgan fingerprint density at radius 3 is 2.77 bits per heavy atom. The fourth-order valence-corrected chi connectivity index (χ4v) is 3.96. The molecule has 114 valence electrons. The van der Waals surface area contributed by atoms with Gasteiger partial charge in [0.25, 0.3) is 0 Å². The molecule has 1 fully saturated rings. The number of rotatable bonds is 2. The first-order chi connectivity index (χ1) is 10.7. The van der Waals surface area contributed by atoms with E-state index in [1.807, 2.05) is 12.1 Å². The van der Waals surface area contributed by atoms with Gasteiger partial charge in [-0.25, -0.2) is 4.21 Å². The quantitative estimate of drug-likeness (QED) is 0.833. The van der Waals surface area contributed by atoms with Crippen molar-refractivity contribution in [1.29, 1.82) is 0 Å². The zero-order chi connectivity index (χ0) is 15.1. The van der Waals surface area contributed by atoms with Crippen LogP contribution in [0.1, 0.15) is 29.7 Å². The van der Waals surface area contributed by atoms with Crippen LogP contribution in [0.3, 0.4) is 0 Å². The predicted octanol–water partition coefficient (Wildman–Crippen LogP) is 3.51. The van der Waals surface area contributed by atoms with E-state index in [4.69, 9.17) is 4.74 Å². The highest BCUT2D eigenvalue weighted by Crippen LogP contribution is 2.50. The van der Waals surface area contributed by atoms with E-state index in [2.05, 4.69) is 29.6 Å². The normalized spacial score (nSPS) is 27.6. The van der Waals surface area contributed by atoms with Crippen molar-refractivity contribution >= 4 is 16.8 Å². The van der Waals surface area contributed by atoms with Gasteiger partial charge in [0, 0.05) is 23.8 Å². The molecule has 2 unspecified atom stereocenters. The molecule has 2 N–H and O–H groups in total. The molecule has 0 aliphatic carbocycles. The highest BCUT2D eigenvalue weighted by atomic mass is 32.2. The lowest BCUT2D eigenvalue weighted by Gasteiger charge is -2.36. The summed E-state index contributed by atoms with van der Waals surface area (Å²) in [6.45, 7) is 0.728. The first-order valence-electron chi connectivity index (χ1n) is 7.42. The van der Waals surface area contributed by atoms with Gasteiger partial charge < -0.3 is 14.6 Å². The summed E-state index contributed by atoms with van der Waals surface area (Å²) in [6, 6.07) is 16.0. The molecule has 2 aromatic carbocycles. The van der Waals surface area contributed by atoms with Gasteiger partial charge in [0.2, 0.25) is 0 Å². The number of nitrogens with one attached hydrogen (secondary N) is 1. The second-order valence-electron chi connectivity index (χ2n) is 5.77. The lowest BCUT2D eigenvalue weighted by Crippen LogP contribution is -2.29. The molecule has 0 saturated carbocycles. The SMILES string of the molecule is O=S(O)c1ccc2c(c1)[C@H]1OCC[C@H]1C(c1ccccc1)N2.